The Bertz CT molecular complexity index is 330. The van der Waals surface area contributed by atoms with Crippen LogP contribution in [0.4, 0.5) is 4.79 Å². The third kappa shape index (κ3) is 13.1. The summed E-state index contributed by atoms with van der Waals surface area (Å²) in [6, 6.07) is 0. The molecule has 0 radical (unpaired) electrons. The number of quaternary nitrogens is 1. The van der Waals surface area contributed by atoms with Crippen molar-refractivity contribution in [3.8, 4) is 0 Å². The molecule has 0 unspecified atom stereocenters. The second kappa shape index (κ2) is 13.3. The van der Waals surface area contributed by atoms with Gasteiger partial charge in [-0.3, -0.25) is 4.48 Å². The predicted octanol–water partition coefficient (Wildman–Crippen LogP) is 4.97. The summed E-state index contributed by atoms with van der Waals surface area (Å²) in [6.45, 7) is 3.06. The zero-order valence-electron chi connectivity index (χ0n) is 15.5. The Balaban J connectivity index is 3.45. The van der Waals surface area contributed by atoms with E-state index >= 15 is 0 Å². The molecule has 1 amide bonds. The zero-order valence-corrected chi connectivity index (χ0v) is 15.5. The normalized spacial score (nSPS) is 11.4. The van der Waals surface area contributed by atoms with E-state index in [0.717, 1.165) is 13.0 Å². The van der Waals surface area contributed by atoms with E-state index in [4.69, 9.17) is 10.5 Å². The average molecular weight is 329 g/mol. The molecule has 0 heterocycles. The van der Waals surface area contributed by atoms with E-state index < -0.39 is 6.09 Å². The summed E-state index contributed by atoms with van der Waals surface area (Å²) >= 11 is 0. The van der Waals surface area contributed by atoms with E-state index in [1.165, 1.54) is 70.6 Å². The van der Waals surface area contributed by atoms with Crippen LogP contribution in [0.5, 0.6) is 0 Å². The molecule has 0 aliphatic rings. The number of unbranched alkanes of at least 4 members (excludes halogenated alkanes) is 11. The van der Waals surface area contributed by atoms with Crippen LogP contribution in [0.1, 0.15) is 84.0 Å². The van der Waals surface area contributed by atoms with Gasteiger partial charge in [0.2, 0.25) is 0 Å². The van der Waals surface area contributed by atoms with Gasteiger partial charge < -0.3 is 5.11 Å². The molecule has 5 nitrogen and oxygen atoms in total. The van der Waals surface area contributed by atoms with Crippen molar-refractivity contribution in [3.05, 3.63) is 0 Å². The average Bonchev–Trinajstić information content (AvgIpc) is 2.47. The lowest BCUT2D eigenvalue weighted by Crippen LogP contribution is -2.53. The summed E-state index contributed by atoms with van der Waals surface area (Å²) < 4.78 is 0.296. The Morgan fingerprint density at radius 2 is 1.26 bits per heavy atom. The molecule has 0 rings (SSSR count). The lowest BCUT2D eigenvalue weighted by Gasteiger charge is -2.28. The number of rotatable bonds is 13. The summed E-state index contributed by atoms with van der Waals surface area (Å²) in [4.78, 5) is 10.6. The first-order valence-corrected chi connectivity index (χ1v) is 9.32. The molecule has 0 spiro atoms. The number of hydrogen-bond acceptors (Lipinski definition) is 2. The minimum atomic E-state index is -1.16. The summed E-state index contributed by atoms with van der Waals surface area (Å²) in [5, 5.41) is 18.6. The van der Waals surface area contributed by atoms with Crippen LogP contribution < -0.4 is 5.32 Å². The second-order valence-electron chi connectivity index (χ2n) is 7.08. The fourth-order valence-electron chi connectivity index (χ4n) is 2.71. The molecule has 0 saturated heterocycles. The maximum atomic E-state index is 10.6. The van der Waals surface area contributed by atoms with Crippen molar-refractivity contribution in [2.24, 2.45) is 0 Å². The van der Waals surface area contributed by atoms with Crippen LogP contribution in [0.15, 0.2) is 0 Å². The molecule has 0 fully saturated rings. The van der Waals surface area contributed by atoms with Gasteiger partial charge >= 0.3 is 12.1 Å². The molecule has 0 aliphatic carbocycles. The van der Waals surface area contributed by atoms with Gasteiger partial charge in [-0.1, -0.05) is 71.1 Å². The molecule has 0 atom stereocenters. The highest BCUT2D eigenvalue weighted by atomic mass is 16.4. The SMILES string of the molecule is CCCCCCCCCCCCCC[N+](C)(C)C(=N)NC(=O)O. The van der Waals surface area contributed by atoms with Gasteiger partial charge in [-0.15, -0.1) is 0 Å². The van der Waals surface area contributed by atoms with Crippen LogP contribution in [-0.2, 0) is 0 Å². The van der Waals surface area contributed by atoms with Crippen molar-refractivity contribution in [2.45, 2.75) is 84.0 Å². The number of nitrogens with one attached hydrogen (secondary N) is 2. The monoisotopic (exact) mass is 328 g/mol. The Hall–Kier alpha value is -1.10. The summed E-state index contributed by atoms with van der Waals surface area (Å²) in [5.41, 5.74) is 0. The summed E-state index contributed by atoms with van der Waals surface area (Å²) in [6.07, 6.45) is 14.6. The van der Waals surface area contributed by atoms with Gasteiger partial charge in [-0.05, 0) is 12.8 Å². The lowest BCUT2D eigenvalue weighted by molar-refractivity contribution is -0.802. The van der Waals surface area contributed by atoms with Gasteiger partial charge in [0.05, 0.1) is 20.6 Å². The fourth-order valence-corrected chi connectivity index (χ4v) is 2.71. The maximum absolute atomic E-state index is 10.6. The third-order valence-electron chi connectivity index (χ3n) is 4.40. The molecular formula is C18H38N3O2+. The Kier molecular flexibility index (Phi) is 12.7. The maximum Gasteiger partial charge on any atom is 0.414 e. The number of nitrogens with zero attached hydrogens (tertiary/aromatic N) is 1. The molecule has 0 bridgehead atoms. The molecule has 23 heavy (non-hydrogen) atoms. The van der Waals surface area contributed by atoms with Crippen LogP contribution in [0.3, 0.4) is 0 Å². The lowest BCUT2D eigenvalue weighted by atomic mass is 10.1. The largest absolute Gasteiger partial charge is 0.465 e. The number of carbonyl (C=O) groups is 1. The predicted molar refractivity (Wildman–Crippen MR) is 96.9 cm³/mol. The van der Waals surface area contributed by atoms with Crippen molar-refractivity contribution in [1.82, 2.24) is 5.32 Å². The van der Waals surface area contributed by atoms with Gasteiger partial charge in [0.25, 0.3) is 0 Å². The highest BCUT2D eigenvalue weighted by Crippen LogP contribution is 2.12. The molecule has 5 heteroatoms. The number of carboxylic acid groups (broad SMARTS) is 1. The first-order valence-electron chi connectivity index (χ1n) is 9.32. The van der Waals surface area contributed by atoms with Gasteiger partial charge in [-0.25, -0.2) is 15.5 Å². The van der Waals surface area contributed by atoms with Crippen molar-refractivity contribution in [3.63, 3.8) is 0 Å². The van der Waals surface area contributed by atoms with Gasteiger partial charge in [0, 0.05) is 0 Å². The minimum Gasteiger partial charge on any atom is -0.465 e. The fraction of sp³-hybridized carbons (Fsp3) is 0.889. The van der Waals surface area contributed by atoms with Crippen LogP contribution in [-0.4, -0.2) is 42.3 Å². The quantitative estimate of drug-likeness (QED) is 0.193. The summed E-state index contributed by atoms with van der Waals surface area (Å²) in [5.74, 6) is 0.0422. The summed E-state index contributed by atoms with van der Waals surface area (Å²) in [7, 11) is 3.74. The number of hydrogen-bond donors (Lipinski definition) is 3. The molecule has 0 aromatic carbocycles. The van der Waals surface area contributed by atoms with Crippen LogP contribution in [0.2, 0.25) is 0 Å². The molecule has 0 saturated carbocycles. The van der Waals surface area contributed by atoms with E-state index in [1.54, 1.807) is 0 Å². The smallest absolute Gasteiger partial charge is 0.414 e. The first kappa shape index (κ1) is 21.9. The number of guanidine groups is 1. The molecule has 3 N–H and O–H groups in total. The van der Waals surface area contributed by atoms with Crippen LogP contribution in [0, 0.1) is 5.41 Å². The van der Waals surface area contributed by atoms with Crippen molar-refractivity contribution < 1.29 is 14.4 Å². The van der Waals surface area contributed by atoms with E-state index in [2.05, 4.69) is 12.2 Å². The second-order valence-corrected chi connectivity index (χ2v) is 7.08. The molecule has 136 valence electrons. The first-order chi connectivity index (χ1) is 10.9. The highest BCUT2D eigenvalue weighted by Gasteiger charge is 2.23. The van der Waals surface area contributed by atoms with E-state index in [-0.39, 0.29) is 5.96 Å². The Labute approximate surface area is 142 Å². The molecule has 0 aromatic rings. The number of amides is 1. The van der Waals surface area contributed by atoms with Crippen molar-refractivity contribution >= 4 is 12.1 Å². The third-order valence-corrected chi connectivity index (χ3v) is 4.40. The van der Waals surface area contributed by atoms with Crippen molar-refractivity contribution in [2.75, 3.05) is 20.6 Å². The van der Waals surface area contributed by atoms with Gasteiger partial charge in [0.15, 0.2) is 0 Å². The Morgan fingerprint density at radius 3 is 1.65 bits per heavy atom. The van der Waals surface area contributed by atoms with Gasteiger partial charge in [0.1, 0.15) is 0 Å². The van der Waals surface area contributed by atoms with E-state index in [0.29, 0.717) is 4.48 Å². The van der Waals surface area contributed by atoms with E-state index in [9.17, 15) is 4.79 Å². The van der Waals surface area contributed by atoms with Crippen LogP contribution >= 0.6 is 0 Å². The molecule has 0 aromatic heterocycles. The minimum absolute atomic E-state index is 0.0422. The highest BCUT2D eigenvalue weighted by molar-refractivity contribution is 5.87. The molecular weight excluding hydrogens is 290 g/mol. The Morgan fingerprint density at radius 1 is 0.870 bits per heavy atom. The molecule has 0 aliphatic heterocycles. The standard InChI is InChI=1S/C18H37N3O2/c1-4-5-6-7-8-9-10-11-12-13-14-15-16-21(2,3)17(19)20-18(22)23/h4-16H2,1-3H3,(H2-,19,20,22,23)/p+1. The van der Waals surface area contributed by atoms with E-state index in [1.807, 2.05) is 14.1 Å². The van der Waals surface area contributed by atoms with Gasteiger partial charge in [-0.2, -0.15) is 0 Å². The zero-order chi connectivity index (χ0) is 17.6. The van der Waals surface area contributed by atoms with Crippen LogP contribution in [0.25, 0.3) is 0 Å². The van der Waals surface area contributed by atoms with Crippen molar-refractivity contribution in [1.29, 1.82) is 5.41 Å². The topological polar surface area (TPSA) is 73.2 Å².